The van der Waals surface area contributed by atoms with Crippen LogP contribution in [-0.4, -0.2) is 74.8 Å². The molecule has 2 aliphatic heterocycles. The second-order valence-electron chi connectivity index (χ2n) is 8.30. The molecule has 0 spiro atoms. The molecule has 12 heteroatoms. The van der Waals surface area contributed by atoms with E-state index in [0.29, 0.717) is 5.56 Å². The Morgan fingerprint density at radius 3 is 2.58 bits per heavy atom. The van der Waals surface area contributed by atoms with Crippen LogP contribution in [0.25, 0.3) is 0 Å². The molecule has 3 amide bonds. The molecule has 1 N–H and O–H groups in total. The zero-order chi connectivity index (χ0) is 24.2. The molecule has 4 rings (SSSR count). The number of carbonyl (C=O) groups is 3. The van der Waals surface area contributed by atoms with Gasteiger partial charge in [0, 0.05) is 34.2 Å². The first kappa shape index (κ1) is 22.7. The summed E-state index contributed by atoms with van der Waals surface area (Å²) in [5.41, 5.74) is -0.656. The number of aromatic nitrogens is 2. The lowest BCUT2D eigenvalue weighted by molar-refractivity contribution is -0.150. The van der Waals surface area contributed by atoms with Crippen LogP contribution in [0.1, 0.15) is 40.4 Å². The van der Waals surface area contributed by atoms with Gasteiger partial charge in [-0.3, -0.25) is 19.2 Å². The van der Waals surface area contributed by atoms with E-state index in [1.165, 1.54) is 53.7 Å². The SMILES string of the molecule is CN(C)C(=O)C(=O)N(C)[C@@H]1C[C@@H]2CN(Cc3ccc(F)c(Cl)c3)C(=O)c3c(O)c(=O)nc1n32. The van der Waals surface area contributed by atoms with Crippen molar-refractivity contribution in [3.8, 4) is 5.75 Å². The number of nitrogens with zero attached hydrogens (tertiary/aromatic N) is 5. The van der Waals surface area contributed by atoms with Gasteiger partial charge in [0.25, 0.3) is 5.91 Å². The summed E-state index contributed by atoms with van der Waals surface area (Å²) in [5.74, 6) is -3.37. The van der Waals surface area contributed by atoms with Gasteiger partial charge in [0.2, 0.25) is 5.75 Å². The van der Waals surface area contributed by atoms with Gasteiger partial charge in [0.1, 0.15) is 11.6 Å². The monoisotopic (exact) mass is 477 g/mol. The zero-order valence-electron chi connectivity index (χ0n) is 18.1. The number of amides is 3. The third-order valence-electron chi connectivity index (χ3n) is 5.94. The highest BCUT2D eigenvalue weighted by Crippen LogP contribution is 2.42. The Labute approximate surface area is 192 Å². The lowest BCUT2D eigenvalue weighted by atomic mass is 10.1. The van der Waals surface area contributed by atoms with Gasteiger partial charge >= 0.3 is 17.4 Å². The molecule has 0 saturated heterocycles. The molecule has 33 heavy (non-hydrogen) atoms. The van der Waals surface area contributed by atoms with Gasteiger partial charge in [0.15, 0.2) is 5.69 Å². The molecule has 0 fully saturated rings. The number of hydrogen-bond acceptors (Lipinski definition) is 6. The van der Waals surface area contributed by atoms with Crippen LogP contribution in [0.4, 0.5) is 4.39 Å². The van der Waals surface area contributed by atoms with E-state index in [9.17, 15) is 28.7 Å². The lowest BCUT2D eigenvalue weighted by Gasteiger charge is -2.33. The largest absolute Gasteiger partial charge is 0.501 e. The summed E-state index contributed by atoms with van der Waals surface area (Å²) in [4.78, 5) is 58.0. The fraction of sp³-hybridized carbons (Fsp3) is 0.381. The number of hydrogen-bond donors (Lipinski definition) is 1. The van der Waals surface area contributed by atoms with Gasteiger partial charge < -0.3 is 24.4 Å². The predicted octanol–water partition coefficient (Wildman–Crippen LogP) is 0.930. The maximum atomic E-state index is 13.5. The average Bonchev–Trinajstić information content (AvgIpc) is 3.12. The van der Waals surface area contributed by atoms with Crippen molar-refractivity contribution in [3.05, 3.63) is 56.5 Å². The number of carbonyl (C=O) groups excluding carboxylic acids is 3. The van der Waals surface area contributed by atoms with E-state index >= 15 is 0 Å². The first-order valence-corrected chi connectivity index (χ1v) is 10.5. The van der Waals surface area contributed by atoms with Crippen molar-refractivity contribution >= 4 is 29.3 Å². The van der Waals surface area contributed by atoms with Crippen LogP contribution in [0, 0.1) is 5.82 Å². The minimum absolute atomic E-state index is 0.0686. The van der Waals surface area contributed by atoms with E-state index in [0.717, 1.165) is 4.90 Å². The highest BCUT2D eigenvalue weighted by molar-refractivity contribution is 6.34. The summed E-state index contributed by atoms with van der Waals surface area (Å²) < 4.78 is 15.0. The Balaban J connectivity index is 1.71. The molecule has 2 aromatic rings. The molecular weight excluding hydrogens is 457 g/mol. The van der Waals surface area contributed by atoms with E-state index < -0.39 is 46.9 Å². The quantitative estimate of drug-likeness (QED) is 0.657. The van der Waals surface area contributed by atoms with Crippen molar-refractivity contribution in [2.24, 2.45) is 0 Å². The lowest BCUT2D eigenvalue weighted by Crippen LogP contribution is -2.43. The summed E-state index contributed by atoms with van der Waals surface area (Å²) in [5, 5.41) is 10.3. The Bertz CT molecular complexity index is 1250. The number of benzene rings is 1. The molecule has 0 bridgehead atoms. The van der Waals surface area contributed by atoms with Gasteiger partial charge in [-0.1, -0.05) is 17.7 Å². The highest BCUT2D eigenvalue weighted by Gasteiger charge is 2.45. The zero-order valence-corrected chi connectivity index (χ0v) is 18.8. The molecule has 2 atom stereocenters. The normalized spacial score (nSPS) is 18.8. The van der Waals surface area contributed by atoms with Gasteiger partial charge in [-0.2, -0.15) is 4.98 Å². The van der Waals surface area contributed by atoms with E-state index in [1.807, 2.05) is 0 Å². The maximum absolute atomic E-state index is 13.5. The first-order chi connectivity index (χ1) is 15.5. The predicted molar refractivity (Wildman–Crippen MR) is 114 cm³/mol. The highest BCUT2D eigenvalue weighted by atomic mass is 35.5. The first-order valence-electron chi connectivity index (χ1n) is 10.1. The topological polar surface area (TPSA) is 116 Å². The van der Waals surface area contributed by atoms with Gasteiger partial charge in [-0.15, -0.1) is 0 Å². The summed E-state index contributed by atoms with van der Waals surface area (Å²) in [6, 6.07) is 2.94. The smallest absolute Gasteiger partial charge is 0.315 e. The average molecular weight is 478 g/mol. The Hall–Kier alpha value is -3.47. The second kappa shape index (κ2) is 8.14. The van der Waals surface area contributed by atoms with Gasteiger partial charge in [-0.25, -0.2) is 4.39 Å². The molecule has 0 radical (unpaired) electrons. The number of halogens is 2. The third-order valence-corrected chi connectivity index (χ3v) is 6.23. The minimum atomic E-state index is -0.998. The Morgan fingerprint density at radius 2 is 1.94 bits per heavy atom. The molecule has 3 heterocycles. The fourth-order valence-corrected chi connectivity index (χ4v) is 4.47. The van der Waals surface area contributed by atoms with Crippen LogP contribution >= 0.6 is 11.6 Å². The van der Waals surface area contributed by atoms with Crippen LogP contribution in [0.3, 0.4) is 0 Å². The van der Waals surface area contributed by atoms with Crippen LogP contribution in [0.2, 0.25) is 5.02 Å². The van der Waals surface area contributed by atoms with Crippen molar-refractivity contribution in [1.29, 1.82) is 0 Å². The van der Waals surface area contributed by atoms with E-state index in [4.69, 9.17) is 11.6 Å². The van der Waals surface area contributed by atoms with E-state index in [2.05, 4.69) is 4.98 Å². The molecule has 174 valence electrons. The van der Waals surface area contributed by atoms with Crippen LogP contribution in [-0.2, 0) is 16.1 Å². The molecule has 0 unspecified atom stereocenters. The molecule has 10 nitrogen and oxygen atoms in total. The third kappa shape index (κ3) is 3.71. The van der Waals surface area contributed by atoms with Crippen molar-refractivity contribution in [3.63, 3.8) is 0 Å². The Morgan fingerprint density at radius 1 is 1.24 bits per heavy atom. The maximum Gasteiger partial charge on any atom is 0.315 e. The van der Waals surface area contributed by atoms with Gasteiger partial charge in [0.05, 0.1) is 17.1 Å². The summed E-state index contributed by atoms with van der Waals surface area (Å²) in [7, 11) is 4.33. The molecule has 2 aliphatic rings. The standard InChI is InChI=1S/C21H21ClFN5O5/c1-25(2)20(32)21(33)26(3)14-7-11-9-27(8-10-4-5-13(23)12(22)6-10)19(31)15-16(29)18(30)24-17(14)28(11)15/h4-6,11,14,29H,7-9H2,1-3H3/t11-,14-/m1/s1. The van der Waals surface area contributed by atoms with Crippen LogP contribution in [0.5, 0.6) is 5.75 Å². The molecule has 0 saturated carbocycles. The summed E-state index contributed by atoms with van der Waals surface area (Å²) in [6.07, 6.45) is 0.278. The summed E-state index contributed by atoms with van der Waals surface area (Å²) >= 11 is 5.85. The van der Waals surface area contributed by atoms with Gasteiger partial charge in [-0.05, 0) is 24.1 Å². The van der Waals surface area contributed by atoms with E-state index in [1.54, 1.807) is 0 Å². The second-order valence-corrected chi connectivity index (χ2v) is 8.70. The van der Waals surface area contributed by atoms with Crippen molar-refractivity contribution in [2.75, 3.05) is 27.7 Å². The molecule has 1 aromatic carbocycles. The molecule has 1 aromatic heterocycles. The molecule has 0 aliphatic carbocycles. The number of likely N-dealkylation sites (N-methyl/N-ethyl adjacent to an activating group) is 2. The molecular formula is C21H21ClFN5O5. The Kier molecular flexibility index (Phi) is 5.61. The number of aromatic hydroxyl groups is 1. The summed E-state index contributed by atoms with van der Waals surface area (Å²) in [6.45, 7) is 0.261. The number of rotatable bonds is 3. The van der Waals surface area contributed by atoms with Crippen molar-refractivity contribution in [2.45, 2.75) is 25.0 Å². The van der Waals surface area contributed by atoms with Crippen molar-refractivity contribution in [1.82, 2.24) is 24.3 Å². The fourth-order valence-electron chi connectivity index (χ4n) is 4.27. The van der Waals surface area contributed by atoms with Crippen LogP contribution < -0.4 is 5.56 Å². The minimum Gasteiger partial charge on any atom is -0.501 e. The van der Waals surface area contributed by atoms with Crippen molar-refractivity contribution < 1.29 is 23.9 Å². The van der Waals surface area contributed by atoms with Crippen LogP contribution in [0.15, 0.2) is 23.0 Å². The van der Waals surface area contributed by atoms with E-state index in [-0.39, 0.29) is 36.1 Å².